The van der Waals surface area contributed by atoms with Crippen molar-refractivity contribution in [1.82, 2.24) is 4.57 Å². The Kier molecular flexibility index (Phi) is 8.27. The van der Waals surface area contributed by atoms with Crippen LogP contribution < -0.4 is 9.80 Å². The third-order valence-electron chi connectivity index (χ3n) is 13.1. The third-order valence-corrected chi connectivity index (χ3v) is 13.1. The summed E-state index contributed by atoms with van der Waals surface area (Å²) >= 11 is 0. The van der Waals surface area contributed by atoms with E-state index in [4.69, 9.17) is 8.83 Å². The van der Waals surface area contributed by atoms with E-state index >= 15 is 0 Å². The second-order valence-electron chi connectivity index (χ2n) is 17.1. The minimum atomic E-state index is 0.870. The highest BCUT2D eigenvalue weighted by molar-refractivity contribution is 6.15. The molecular weight excluding hydrogens is 795 g/mol. The lowest BCUT2D eigenvalue weighted by Gasteiger charge is -2.25. The van der Waals surface area contributed by atoms with Crippen LogP contribution in [0.5, 0.6) is 0 Å². The number of nitrogens with zero attached hydrogens (tertiary/aromatic N) is 3. The first-order valence-electron chi connectivity index (χ1n) is 22.2. The molecule has 0 aliphatic rings. The standard InChI is InChI=1S/C60H41N3O2/c1-38-14-12-22-52-50-30-27-47(36-57(50)64-59(38)52)61(42-16-6-3-7-17-42)45-25-24-40-33-54-49-29-26-46(35-56(49)63(44-20-10-5-11-21-44)55(54)34-41(40)32-45)62(43-18-8-4-9-19-43)48-28-31-51-53-23-13-15-39(2)60(53)65-58(51)37-48/h3-37H,1-2H3. The van der Waals surface area contributed by atoms with E-state index in [1.54, 1.807) is 0 Å². The van der Waals surface area contributed by atoms with Crippen molar-refractivity contribution in [2.75, 3.05) is 9.80 Å². The summed E-state index contributed by atoms with van der Waals surface area (Å²) in [5, 5.41) is 9.23. The summed E-state index contributed by atoms with van der Waals surface area (Å²) in [5.41, 5.74) is 15.6. The Labute approximate surface area is 375 Å². The quantitative estimate of drug-likeness (QED) is 0.160. The molecule has 5 nitrogen and oxygen atoms in total. The van der Waals surface area contributed by atoms with Crippen LogP contribution in [0.1, 0.15) is 11.1 Å². The summed E-state index contributed by atoms with van der Waals surface area (Å²) in [4.78, 5) is 4.65. The van der Waals surface area contributed by atoms with Crippen molar-refractivity contribution in [2.45, 2.75) is 13.8 Å². The molecular formula is C60H41N3O2. The van der Waals surface area contributed by atoms with Gasteiger partial charge < -0.3 is 23.2 Å². The van der Waals surface area contributed by atoms with Gasteiger partial charge in [0.05, 0.1) is 11.0 Å². The van der Waals surface area contributed by atoms with Crippen molar-refractivity contribution in [3.8, 4) is 5.69 Å². The van der Waals surface area contributed by atoms with E-state index < -0.39 is 0 Å². The van der Waals surface area contributed by atoms with E-state index in [-0.39, 0.29) is 0 Å². The molecule has 0 N–H and O–H groups in total. The van der Waals surface area contributed by atoms with Gasteiger partial charge >= 0.3 is 0 Å². The normalized spacial score (nSPS) is 11.8. The summed E-state index contributed by atoms with van der Waals surface area (Å²) in [7, 11) is 0. The van der Waals surface area contributed by atoms with Crippen LogP contribution in [0.2, 0.25) is 0 Å². The molecule has 0 aliphatic heterocycles. The first-order chi connectivity index (χ1) is 32.0. The predicted molar refractivity (Wildman–Crippen MR) is 272 cm³/mol. The fraction of sp³-hybridized carbons (Fsp3) is 0.0333. The zero-order chi connectivity index (χ0) is 43.2. The second kappa shape index (κ2) is 14.5. The first-order valence-corrected chi connectivity index (χ1v) is 22.2. The Bertz CT molecular complexity index is 3980. The van der Waals surface area contributed by atoms with Crippen LogP contribution in [0.3, 0.4) is 0 Å². The monoisotopic (exact) mass is 835 g/mol. The molecule has 0 saturated carbocycles. The molecule has 3 aromatic heterocycles. The molecule has 3 heterocycles. The minimum absolute atomic E-state index is 0.870. The van der Waals surface area contributed by atoms with E-state index in [9.17, 15) is 0 Å². The Morgan fingerprint density at radius 3 is 1.37 bits per heavy atom. The maximum Gasteiger partial charge on any atom is 0.138 e. The van der Waals surface area contributed by atoms with Gasteiger partial charge in [0.25, 0.3) is 0 Å². The van der Waals surface area contributed by atoms with E-state index in [1.807, 2.05) is 0 Å². The number of hydrogen-bond acceptors (Lipinski definition) is 4. The fourth-order valence-corrected chi connectivity index (χ4v) is 10.1. The number of rotatable bonds is 7. The minimum Gasteiger partial charge on any atom is -0.456 e. The number of aryl methyl sites for hydroxylation is 2. The highest BCUT2D eigenvalue weighted by atomic mass is 16.3. The average Bonchev–Trinajstić information content (AvgIpc) is 4.02. The maximum absolute atomic E-state index is 6.54. The van der Waals surface area contributed by atoms with Crippen LogP contribution in [0.25, 0.3) is 82.1 Å². The Balaban J connectivity index is 0.993. The molecule has 65 heavy (non-hydrogen) atoms. The van der Waals surface area contributed by atoms with Gasteiger partial charge in [-0.3, -0.25) is 0 Å². The number of fused-ring (bicyclic) bond motifs is 10. The van der Waals surface area contributed by atoms with Crippen LogP contribution in [0, 0.1) is 13.8 Å². The smallest absolute Gasteiger partial charge is 0.138 e. The van der Waals surface area contributed by atoms with Crippen molar-refractivity contribution >= 4 is 111 Å². The van der Waals surface area contributed by atoms with Gasteiger partial charge in [-0.15, -0.1) is 0 Å². The van der Waals surface area contributed by atoms with Crippen molar-refractivity contribution < 1.29 is 8.83 Å². The molecule has 10 aromatic carbocycles. The Morgan fingerprint density at radius 2 is 0.800 bits per heavy atom. The lowest BCUT2D eigenvalue weighted by atomic mass is 10.0. The third kappa shape index (κ3) is 5.93. The molecule has 0 amide bonds. The van der Waals surface area contributed by atoms with Gasteiger partial charge in [0, 0.05) is 84.3 Å². The van der Waals surface area contributed by atoms with Gasteiger partial charge in [0.1, 0.15) is 22.3 Å². The van der Waals surface area contributed by atoms with E-state index in [0.29, 0.717) is 0 Å². The number of anilines is 6. The fourth-order valence-electron chi connectivity index (χ4n) is 10.1. The molecule has 0 fully saturated rings. The number of para-hydroxylation sites is 5. The van der Waals surface area contributed by atoms with Crippen LogP contribution in [0.4, 0.5) is 34.1 Å². The largest absolute Gasteiger partial charge is 0.456 e. The molecule has 308 valence electrons. The molecule has 13 aromatic rings. The summed E-state index contributed by atoms with van der Waals surface area (Å²) in [6.45, 7) is 4.21. The number of benzene rings is 10. The van der Waals surface area contributed by atoms with E-state index in [1.165, 1.54) is 16.2 Å². The summed E-state index contributed by atoms with van der Waals surface area (Å²) in [6, 6.07) is 76.2. The Hall–Kier alpha value is -8.54. The van der Waals surface area contributed by atoms with E-state index in [2.05, 4.69) is 241 Å². The van der Waals surface area contributed by atoms with Gasteiger partial charge in [-0.2, -0.15) is 0 Å². The van der Waals surface area contributed by atoms with Crippen LogP contribution in [-0.4, -0.2) is 4.57 Å². The molecule has 0 atom stereocenters. The van der Waals surface area contributed by atoms with Gasteiger partial charge in [0.2, 0.25) is 0 Å². The van der Waals surface area contributed by atoms with Crippen molar-refractivity contribution in [2.24, 2.45) is 0 Å². The zero-order valence-electron chi connectivity index (χ0n) is 35.9. The van der Waals surface area contributed by atoms with Crippen molar-refractivity contribution in [3.63, 3.8) is 0 Å². The topological polar surface area (TPSA) is 37.7 Å². The molecule has 0 aliphatic carbocycles. The molecule has 13 rings (SSSR count). The summed E-state index contributed by atoms with van der Waals surface area (Å²) < 4.78 is 15.5. The van der Waals surface area contributed by atoms with Gasteiger partial charge in [0.15, 0.2) is 0 Å². The summed E-state index contributed by atoms with van der Waals surface area (Å²) in [5.74, 6) is 0. The SMILES string of the molecule is Cc1cccc2c1oc1cc(N(c3ccccc3)c3ccc4cc5c6ccc(N(c7ccccc7)c7ccc8c(c7)oc7c(C)cccc78)cc6n(-c6ccccc6)c5cc4c3)ccc12. The first kappa shape index (κ1) is 37.1. The van der Waals surface area contributed by atoms with Crippen molar-refractivity contribution in [3.05, 3.63) is 223 Å². The number of furan rings is 2. The van der Waals surface area contributed by atoms with Gasteiger partial charge in [-0.25, -0.2) is 0 Å². The highest BCUT2D eigenvalue weighted by Gasteiger charge is 2.21. The maximum atomic E-state index is 6.54. The molecule has 0 radical (unpaired) electrons. The van der Waals surface area contributed by atoms with E-state index in [0.717, 1.165) is 111 Å². The zero-order valence-corrected chi connectivity index (χ0v) is 35.9. The molecule has 0 saturated heterocycles. The van der Waals surface area contributed by atoms with Crippen molar-refractivity contribution in [1.29, 1.82) is 0 Å². The molecule has 0 bridgehead atoms. The van der Waals surface area contributed by atoms with Crippen LogP contribution >= 0.6 is 0 Å². The highest BCUT2D eigenvalue weighted by Crippen LogP contribution is 2.44. The lowest BCUT2D eigenvalue weighted by molar-refractivity contribution is 0.665. The van der Waals surface area contributed by atoms with Gasteiger partial charge in [-0.05, 0) is 133 Å². The number of hydrogen-bond donors (Lipinski definition) is 0. The second-order valence-corrected chi connectivity index (χ2v) is 17.1. The van der Waals surface area contributed by atoms with Crippen LogP contribution in [-0.2, 0) is 0 Å². The van der Waals surface area contributed by atoms with Crippen LogP contribution in [0.15, 0.2) is 221 Å². The predicted octanol–water partition coefficient (Wildman–Crippen LogP) is 17.3. The lowest BCUT2D eigenvalue weighted by Crippen LogP contribution is -2.10. The molecule has 0 unspecified atom stereocenters. The molecule has 5 heteroatoms. The number of aromatic nitrogens is 1. The average molecular weight is 836 g/mol. The van der Waals surface area contributed by atoms with Gasteiger partial charge in [-0.1, -0.05) is 103 Å². The molecule has 0 spiro atoms. The summed E-state index contributed by atoms with van der Waals surface area (Å²) in [6.07, 6.45) is 0. The Morgan fingerprint density at radius 1 is 0.323 bits per heavy atom.